The Labute approximate surface area is 230 Å². The smallest absolute Gasteiger partial charge is 0.303 e. The monoisotopic (exact) mass is 545 g/mol. The van der Waals surface area contributed by atoms with E-state index < -0.39 is 11.6 Å². The third kappa shape index (κ3) is 5.04. The van der Waals surface area contributed by atoms with Crippen LogP contribution in [0.3, 0.4) is 0 Å². The number of aromatic nitrogens is 4. The predicted molar refractivity (Wildman–Crippen MR) is 147 cm³/mol. The zero-order valence-corrected chi connectivity index (χ0v) is 22.3. The van der Waals surface area contributed by atoms with Gasteiger partial charge in [0, 0.05) is 43.6 Å². The van der Waals surface area contributed by atoms with Gasteiger partial charge in [-0.15, -0.1) is 0 Å². The summed E-state index contributed by atoms with van der Waals surface area (Å²) in [5.74, 6) is -0.516. The van der Waals surface area contributed by atoms with Crippen molar-refractivity contribution in [2.24, 2.45) is 5.92 Å². The number of carboxylic acids is 1. The van der Waals surface area contributed by atoms with Crippen molar-refractivity contribution in [3.63, 3.8) is 0 Å². The Hall–Kier alpha value is -3.89. The molecule has 4 atom stereocenters. The second kappa shape index (κ2) is 10.6. The second-order valence-corrected chi connectivity index (χ2v) is 11.0. The summed E-state index contributed by atoms with van der Waals surface area (Å²) in [6, 6.07) is 5.54. The van der Waals surface area contributed by atoms with E-state index in [2.05, 4.69) is 11.6 Å². The van der Waals surface area contributed by atoms with Crippen LogP contribution in [0, 0.1) is 5.92 Å². The van der Waals surface area contributed by atoms with Crippen LogP contribution in [-0.4, -0.2) is 36.1 Å². The van der Waals surface area contributed by atoms with Crippen molar-refractivity contribution in [1.82, 2.24) is 24.4 Å². The summed E-state index contributed by atoms with van der Waals surface area (Å²) >= 11 is 0. The number of hydrogen-bond acceptors (Lipinski definition) is 6. The average Bonchev–Trinajstić information content (AvgIpc) is 3.57. The number of carbonyl (C=O) groups is 1. The number of nitrogens with zero attached hydrogens (tertiary/aromatic N) is 4. The van der Waals surface area contributed by atoms with Gasteiger partial charge in [0.1, 0.15) is 22.9 Å². The third-order valence-corrected chi connectivity index (χ3v) is 8.09. The number of aryl methyl sites for hydroxylation is 1. The molecule has 208 valence electrons. The number of allylic oxidation sites excluding steroid dienone is 4. The van der Waals surface area contributed by atoms with E-state index in [4.69, 9.17) is 19.9 Å². The highest BCUT2D eigenvalue weighted by atomic mass is 19.1. The van der Waals surface area contributed by atoms with Crippen LogP contribution in [0.1, 0.15) is 63.0 Å². The van der Waals surface area contributed by atoms with Crippen LogP contribution in [0.5, 0.6) is 0 Å². The molecular weight excluding hydrogens is 513 g/mol. The topological polar surface area (TPSA) is 111 Å². The number of hydrogen-bond donors (Lipinski definition) is 2. The summed E-state index contributed by atoms with van der Waals surface area (Å²) in [4.78, 5) is 40.5. The van der Waals surface area contributed by atoms with E-state index in [1.807, 2.05) is 48.0 Å². The summed E-state index contributed by atoms with van der Waals surface area (Å²) in [5, 5.41) is 10.2. The number of pyridine rings is 1. The fraction of sp³-hybridized carbons (Fsp3) is 0.400. The molecule has 3 unspecified atom stereocenters. The van der Waals surface area contributed by atoms with Crippen molar-refractivity contribution < 1.29 is 19.1 Å². The molecule has 2 aliphatic carbocycles. The summed E-state index contributed by atoms with van der Waals surface area (Å²) in [7, 11) is 0. The Bertz CT molecular complexity index is 1670. The lowest BCUT2D eigenvalue weighted by Gasteiger charge is -2.24. The van der Waals surface area contributed by atoms with E-state index in [0.717, 1.165) is 11.3 Å². The number of imidazole rings is 1. The van der Waals surface area contributed by atoms with Crippen molar-refractivity contribution in [2.45, 2.75) is 69.6 Å². The lowest BCUT2D eigenvalue weighted by Crippen LogP contribution is -2.51. The molecule has 9 nitrogen and oxygen atoms in total. The van der Waals surface area contributed by atoms with Crippen molar-refractivity contribution in [2.75, 3.05) is 0 Å². The van der Waals surface area contributed by atoms with E-state index in [1.54, 1.807) is 10.6 Å². The van der Waals surface area contributed by atoms with Gasteiger partial charge in [-0.05, 0) is 56.9 Å². The molecule has 3 aromatic rings. The number of aliphatic carboxylic acids is 1. The van der Waals surface area contributed by atoms with Crippen LogP contribution in [0.15, 0.2) is 59.4 Å². The Morgan fingerprint density at radius 2 is 2.12 bits per heavy atom. The highest BCUT2D eigenvalue weighted by molar-refractivity contribution is 5.66. The minimum Gasteiger partial charge on any atom is -0.481 e. The largest absolute Gasteiger partial charge is 0.481 e. The molecule has 0 aromatic carbocycles. The maximum absolute atomic E-state index is 13.7. The van der Waals surface area contributed by atoms with Gasteiger partial charge in [-0.25, -0.2) is 14.4 Å². The van der Waals surface area contributed by atoms with Gasteiger partial charge in [0.2, 0.25) is 0 Å². The maximum atomic E-state index is 13.7. The lowest BCUT2D eigenvalue weighted by molar-refractivity contribution is -0.137. The molecule has 1 aliphatic heterocycles. The number of fused-ring (bicyclic) bond motifs is 2. The molecule has 40 heavy (non-hydrogen) atoms. The second-order valence-electron chi connectivity index (χ2n) is 11.0. The number of carboxylic acid groups (broad SMARTS) is 1. The molecule has 0 amide bonds. The molecule has 3 aromatic heterocycles. The van der Waals surface area contributed by atoms with Crippen molar-refractivity contribution in [3.05, 3.63) is 87.1 Å². The highest BCUT2D eigenvalue weighted by Gasteiger charge is 2.42. The molecule has 1 fully saturated rings. The first-order valence-electron chi connectivity index (χ1n) is 13.8. The van der Waals surface area contributed by atoms with Gasteiger partial charge in [0.25, 0.3) is 5.56 Å². The molecule has 0 saturated carbocycles. The average molecular weight is 546 g/mol. The van der Waals surface area contributed by atoms with Gasteiger partial charge in [-0.3, -0.25) is 19.0 Å². The SMILES string of the molecule is C[C@]1(c2cn3ccccc3n2)CC(C2C=c3nc(CCCCC(=O)O)n(C4C=CC(F)=CC4)c(=O)c3=CC2)NO1. The van der Waals surface area contributed by atoms with E-state index in [1.165, 1.54) is 12.2 Å². The number of unbranched alkanes of at least 4 members (excludes halogenated alkanes) is 1. The molecule has 3 aliphatic rings. The zero-order chi connectivity index (χ0) is 27.9. The summed E-state index contributed by atoms with van der Waals surface area (Å²) < 4.78 is 17.3. The van der Waals surface area contributed by atoms with Crippen molar-refractivity contribution in [3.8, 4) is 0 Å². The number of rotatable bonds is 8. The van der Waals surface area contributed by atoms with Crippen LogP contribution in [-0.2, 0) is 21.7 Å². The standard InChI is InChI=1S/C30H32FN5O4/c1-30(25-18-35-15-5-4-6-26(35)33-25)17-24(34-40-30)19-9-14-22-23(16-19)32-27(7-2-3-8-28(37)38)36(29(22)39)21-12-10-20(31)11-13-21/h4-6,10-12,14-16,18-19,21,24,34H,2-3,7-9,13,17H2,1H3,(H,37,38)/t19?,21?,24?,30-/m1/s1. The quantitative estimate of drug-likeness (QED) is 0.419. The van der Waals surface area contributed by atoms with Gasteiger partial charge in [0.15, 0.2) is 0 Å². The Morgan fingerprint density at radius 1 is 1.25 bits per heavy atom. The van der Waals surface area contributed by atoms with E-state index in [0.29, 0.717) is 54.9 Å². The van der Waals surface area contributed by atoms with Gasteiger partial charge in [0.05, 0.1) is 22.3 Å². The first-order chi connectivity index (χ1) is 19.3. The van der Waals surface area contributed by atoms with E-state index >= 15 is 0 Å². The van der Waals surface area contributed by atoms with Gasteiger partial charge in [-0.1, -0.05) is 24.3 Å². The van der Waals surface area contributed by atoms with Crippen molar-refractivity contribution in [1.29, 1.82) is 0 Å². The number of hydroxylamine groups is 1. The summed E-state index contributed by atoms with van der Waals surface area (Å²) in [5.41, 5.74) is 4.18. The zero-order valence-electron chi connectivity index (χ0n) is 22.3. The predicted octanol–water partition coefficient (Wildman–Crippen LogP) is 2.83. The molecule has 0 radical (unpaired) electrons. The molecule has 2 N–H and O–H groups in total. The third-order valence-electron chi connectivity index (χ3n) is 8.09. The Morgan fingerprint density at radius 3 is 2.90 bits per heavy atom. The minimum absolute atomic E-state index is 0.00292. The molecule has 0 bridgehead atoms. The summed E-state index contributed by atoms with van der Waals surface area (Å²) in [6.07, 6.45) is 15.8. The molecule has 10 heteroatoms. The van der Waals surface area contributed by atoms with Gasteiger partial charge in [-0.2, -0.15) is 5.48 Å². The number of halogens is 1. The minimum atomic E-state index is -0.848. The fourth-order valence-electron chi connectivity index (χ4n) is 5.88. The molecule has 0 spiro atoms. The first-order valence-corrected chi connectivity index (χ1v) is 13.8. The Kier molecular flexibility index (Phi) is 6.97. The molecule has 6 rings (SSSR count). The van der Waals surface area contributed by atoms with E-state index in [-0.39, 0.29) is 35.8 Å². The first kappa shape index (κ1) is 26.3. The van der Waals surface area contributed by atoms with Crippen LogP contribution in [0.4, 0.5) is 4.39 Å². The van der Waals surface area contributed by atoms with Crippen LogP contribution in [0.25, 0.3) is 17.8 Å². The maximum Gasteiger partial charge on any atom is 0.303 e. The number of nitrogens with one attached hydrogen (secondary N) is 1. The summed E-state index contributed by atoms with van der Waals surface area (Å²) in [6.45, 7) is 2.03. The Balaban J connectivity index is 1.29. The fourth-order valence-corrected chi connectivity index (χ4v) is 5.88. The van der Waals surface area contributed by atoms with Crippen LogP contribution >= 0.6 is 0 Å². The van der Waals surface area contributed by atoms with Crippen LogP contribution in [0.2, 0.25) is 0 Å². The van der Waals surface area contributed by atoms with Gasteiger partial charge < -0.3 is 9.51 Å². The molecule has 4 heterocycles. The normalized spacial score (nSPS) is 25.8. The highest BCUT2D eigenvalue weighted by Crippen LogP contribution is 2.37. The lowest BCUT2D eigenvalue weighted by atomic mass is 9.85. The molecular formula is C30H32FN5O4. The van der Waals surface area contributed by atoms with E-state index in [9.17, 15) is 14.0 Å². The van der Waals surface area contributed by atoms with Crippen LogP contribution < -0.4 is 21.6 Å². The molecule has 1 saturated heterocycles. The van der Waals surface area contributed by atoms with Gasteiger partial charge >= 0.3 is 5.97 Å². The van der Waals surface area contributed by atoms with Crippen molar-refractivity contribution >= 4 is 23.8 Å².